The quantitative estimate of drug-likeness (QED) is 0.768. The second-order valence-electron chi connectivity index (χ2n) is 5.30. The van der Waals surface area contributed by atoms with Crippen molar-refractivity contribution in [1.29, 1.82) is 0 Å². The zero-order valence-corrected chi connectivity index (χ0v) is 12.6. The van der Waals surface area contributed by atoms with Crippen LogP contribution in [0.1, 0.15) is 16.7 Å². The highest BCUT2D eigenvalue weighted by Gasteiger charge is 2.07. The highest BCUT2D eigenvalue weighted by molar-refractivity contribution is 5.93. The minimum absolute atomic E-state index is 0.00816. The van der Waals surface area contributed by atoms with E-state index in [4.69, 9.17) is 0 Å². The largest absolute Gasteiger partial charge is 0.324 e. The maximum atomic E-state index is 11.9. The number of rotatable bonds is 6. The fourth-order valence-corrected chi connectivity index (χ4v) is 2.07. The molecule has 0 saturated heterocycles. The number of aryl methyl sites for hydroxylation is 3. The monoisotopic (exact) mass is 263 g/mol. The van der Waals surface area contributed by atoms with E-state index in [0.717, 1.165) is 29.9 Å². The summed E-state index contributed by atoms with van der Waals surface area (Å²) in [4.78, 5) is 13.9. The molecule has 1 amide bonds. The first-order valence-electron chi connectivity index (χ1n) is 6.63. The molecule has 106 valence electrons. The molecule has 0 spiro atoms. The molecule has 0 heterocycles. The molecule has 19 heavy (non-hydrogen) atoms. The molecule has 0 unspecified atom stereocenters. The number of nitrogens with one attached hydrogen (secondary N) is 2. The topological polar surface area (TPSA) is 44.4 Å². The third kappa shape index (κ3) is 5.41. The van der Waals surface area contributed by atoms with Gasteiger partial charge >= 0.3 is 0 Å². The van der Waals surface area contributed by atoms with Crippen LogP contribution in [0.15, 0.2) is 12.1 Å². The highest BCUT2D eigenvalue weighted by atomic mass is 16.1. The second-order valence-corrected chi connectivity index (χ2v) is 5.30. The minimum atomic E-state index is 0.00816. The van der Waals surface area contributed by atoms with E-state index in [-0.39, 0.29) is 5.91 Å². The van der Waals surface area contributed by atoms with Gasteiger partial charge < -0.3 is 15.5 Å². The molecule has 0 fully saturated rings. The van der Waals surface area contributed by atoms with Crippen molar-refractivity contribution in [2.24, 2.45) is 0 Å². The van der Waals surface area contributed by atoms with Gasteiger partial charge in [-0.15, -0.1) is 0 Å². The fraction of sp³-hybridized carbons (Fsp3) is 0.533. The number of benzene rings is 1. The summed E-state index contributed by atoms with van der Waals surface area (Å²) in [6, 6.07) is 4.17. The fourth-order valence-electron chi connectivity index (χ4n) is 2.07. The van der Waals surface area contributed by atoms with Crippen LogP contribution < -0.4 is 10.6 Å². The van der Waals surface area contributed by atoms with Crippen LogP contribution in [0.5, 0.6) is 0 Å². The summed E-state index contributed by atoms with van der Waals surface area (Å²) >= 11 is 0. The lowest BCUT2D eigenvalue weighted by atomic mass is 10.1. The molecule has 0 saturated carbocycles. The van der Waals surface area contributed by atoms with Crippen LogP contribution in [0.3, 0.4) is 0 Å². The SMILES string of the molecule is Cc1cc(C)c(NC(=O)CNCCN(C)C)c(C)c1. The van der Waals surface area contributed by atoms with Gasteiger partial charge in [-0.1, -0.05) is 17.7 Å². The van der Waals surface area contributed by atoms with Crippen LogP contribution in [0.2, 0.25) is 0 Å². The molecule has 0 aliphatic heterocycles. The predicted molar refractivity (Wildman–Crippen MR) is 80.7 cm³/mol. The third-order valence-electron chi connectivity index (χ3n) is 2.96. The van der Waals surface area contributed by atoms with Crippen LogP contribution >= 0.6 is 0 Å². The van der Waals surface area contributed by atoms with Gasteiger partial charge in [-0.3, -0.25) is 4.79 Å². The zero-order chi connectivity index (χ0) is 14.4. The first-order chi connectivity index (χ1) is 8.90. The highest BCUT2D eigenvalue weighted by Crippen LogP contribution is 2.21. The molecule has 0 aliphatic rings. The smallest absolute Gasteiger partial charge is 0.238 e. The average Bonchev–Trinajstić information content (AvgIpc) is 2.29. The molecular formula is C15H25N3O. The summed E-state index contributed by atoms with van der Waals surface area (Å²) in [7, 11) is 4.03. The van der Waals surface area contributed by atoms with E-state index < -0.39 is 0 Å². The minimum Gasteiger partial charge on any atom is -0.324 e. The normalized spacial score (nSPS) is 10.8. The van der Waals surface area contributed by atoms with Gasteiger partial charge in [-0.2, -0.15) is 0 Å². The van der Waals surface area contributed by atoms with Gasteiger partial charge in [0.1, 0.15) is 0 Å². The molecule has 4 nitrogen and oxygen atoms in total. The molecule has 0 aromatic heterocycles. The van der Waals surface area contributed by atoms with Crippen molar-refractivity contribution in [2.75, 3.05) is 39.0 Å². The predicted octanol–water partition coefficient (Wildman–Crippen LogP) is 1.70. The van der Waals surface area contributed by atoms with E-state index in [1.807, 2.05) is 27.9 Å². The maximum absolute atomic E-state index is 11.9. The second kappa shape index (κ2) is 7.26. The van der Waals surface area contributed by atoms with Gasteiger partial charge in [-0.05, 0) is 46.0 Å². The third-order valence-corrected chi connectivity index (χ3v) is 2.96. The number of carbonyl (C=O) groups is 1. The first kappa shape index (κ1) is 15.7. The van der Waals surface area contributed by atoms with E-state index in [1.165, 1.54) is 5.56 Å². The van der Waals surface area contributed by atoms with Gasteiger partial charge in [0.15, 0.2) is 0 Å². The van der Waals surface area contributed by atoms with Crippen molar-refractivity contribution >= 4 is 11.6 Å². The Morgan fingerprint density at radius 1 is 1.16 bits per heavy atom. The summed E-state index contributed by atoms with van der Waals surface area (Å²) in [5.74, 6) is 0.00816. The maximum Gasteiger partial charge on any atom is 0.238 e. The Balaban J connectivity index is 2.49. The van der Waals surface area contributed by atoms with Crippen LogP contribution in [-0.2, 0) is 4.79 Å². The summed E-state index contributed by atoms with van der Waals surface area (Å²) in [5, 5.41) is 6.11. The van der Waals surface area contributed by atoms with Crippen LogP contribution in [0.25, 0.3) is 0 Å². The van der Waals surface area contributed by atoms with Gasteiger partial charge in [0, 0.05) is 18.8 Å². The number of likely N-dealkylation sites (N-methyl/N-ethyl adjacent to an activating group) is 1. The van der Waals surface area contributed by atoms with Crippen molar-refractivity contribution in [3.8, 4) is 0 Å². The van der Waals surface area contributed by atoms with Gasteiger partial charge in [-0.25, -0.2) is 0 Å². The first-order valence-corrected chi connectivity index (χ1v) is 6.63. The molecule has 1 rings (SSSR count). The van der Waals surface area contributed by atoms with E-state index >= 15 is 0 Å². The molecule has 4 heteroatoms. The average molecular weight is 263 g/mol. The van der Waals surface area contributed by atoms with Crippen molar-refractivity contribution < 1.29 is 4.79 Å². The van der Waals surface area contributed by atoms with Gasteiger partial charge in [0.05, 0.1) is 6.54 Å². The Morgan fingerprint density at radius 2 is 1.74 bits per heavy atom. The number of amides is 1. The molecule has 2 N–H and O–H groups in total. The standard InChI is InChI=1S/C15H25N3O/c1-11-8-12(2)15(13(3)9-11)17-14(19)10-16-6-7-18(4)5/h8-9,16H,6-7,10H2,1-5H3,(H,17,19). The molecule has 1 aromatic rings. The number of hydrogen-bond donors (Lipinski definition) is 2. The van der Waals surface area contributed by atoms with E-state index in [1.54, 1.807) is 0 Å². The number of hydrogen-bond acceptors (Lipinski definition) is 3. The molecule has 0 atom stereocenters. The van der Waals surface area contributed by atoms with Crippen molar-refractivity contribution in [1.82, 2.24) is 10.2 Å². The Labute approximate surface area is 116 Å². The van der Waals surface area contributed by atoms with Crippen molar-refractivity contribution in [3.05, 3.63) is 28.8 Å². The number of nitrogens with zero attached hydrogens (tertiary/aromatic N) is 1. The lowest BCUT2D eigenvalue weighted by Crippen LogP contribution is -2.33. The lowest BCUT2D eigenvalue weighted by molar-refractivity contribution is -0.115. The summed E-state index contributed by atoms with van der Waals surface area (Å²) in [6.07, 6.45) is 0. The van der Waals surface area contributed by atoms with Gasteiger partial charge in [0.2, 0.25) is 5.91 Å². The molecular weight excluding hydrogens is 238 g/mol. The van der Waals surface area contributed by atoms with Crippen molar-refractivity contribution in [3.63, 3.8) is 0 Å². The van der Waals surface area contributed by atoms with Crippen molar-refractivity contribution in [2.45, 2.75) is 20.8 Å². The van der Waals surface area contributed by atoms with Crippen LogP contribution in [0.4, 0.5) is 5.69 Å². The van der Waals surface area contributed by atoms with Crippen LogP contribution in [0, 0.1) is 20.8 Å². The molecule has 0 radical (unpaired) electrons. The molecule has 0 bridgehead atoms. The zero-order valence-electron chi connectivity index (χ0n) is 12.6. The Hall–Kier alpha value is -1.39. The summed E-state index contributed by atoms with van der Waals surface area (Å²) in [6.45, 7) is 8.20. The molecule has 0 aliphatic carbocycles. The van der Waals surface area contributed by atoms with E-state index in [2.05, 4.69) is 34.6 Å². The van der Waals surface area contributed by atoms with E-state index in [9.17, 15) is 4.79 Å². The Kier molecular flexibility index (Phi) is 5.99. The van der Waals surface area contributed by atoms with E-state index in [0.29, 0.717) is 6.54 Å². The Bertz CT molecular complexity index is 418. The molecule has 1 aromatic carbocycles. The number of anilines is 1. The van der Waals surface area contributed by atoms with Crippen LogP contribution in [-0.4, -0.2) is 44.5 Å². The van der Waals surface area contributed by atoms with Gasteiger partial charge in [0.25, 0.3) is 0 Å². The number of carbonyl (C=O) groups excluding carboxylic acids is 1. The Morgan fingerprint density at radius 3 is 2.26 bits per heavy atom. The summed E-state index contributed by atoms with van der Waals surface area (Å²) in [5.41, 5.74) is 4.38. The summed E-state index contributed by atoms with van der Waals surface area (Å²) < 4.78 is 0. The lowest BCUT2D eigenvalue weighted by Gasteiger charge is -2.14.